The maximum absolute atomic E-state index is 13.8. The second-order valence-electron chi connectivity index (χ2n) is 5.23. The van der Waals surface area contributed by atoms with Crippen molar-refractivity contribution in [1.29, 1.82) is 0 Å². The van der Waals surface area contributed by atoms with Crippen LogP contribution in [0, 0.1) is 0 Å². The second kappa shape index (κ2) is 8.60. The highest BCUT2D eigenvalue weighted by atomic mass is 79.9. The quantitative estimate of drug-likeness (QED) is 0.426. The largest absolute Gasteiger partial charge is 0.399 e. The number of halogens is 3. The van der Waals surface area contributed by atoms with Crippen LogP contribution in [0.3, 0.4) is 0 Å². The van der Waals surface area contributed by atoms with E-state index in [4.69, 9.17) is 9.79 Å². The fourth-order valence-electron chi connectivity index (χ4n) is 2.04. The molecule has 0 heterocycles. The van der Waals surface area contributed by atoms with Crippen LogP contribution < -0.4 is 0 Å². The first-order chi connectivity index (χ1) is 11.7. The molecule has 0 aliphatic rings. The van der Waals surface area contributed by atoms with Crippen LogP contribution in [0.2, 0.25) is 0 Å². The number of hydrogen-bond acceptors (Lipinski definition) is 2. The van der Waals surface area contributed by atoms with Gasteiger partial charge in [-0.2, -0.15) is 20.5 Å². The van der Waals surface area contributed by atoms with Crippen LogP contribution in [-0.4, -0.2) is 15.5 Å². The Morgan fingerprint density at radius 3 is 2.44 bits per heavy atom. The average Bonchev–Trinajstić information content (AvgIpc) is 2.54. The summed E-state index contributed by atoms with van der Waals surface area (Å²) < 4.78 is 38.5. The Balaban J connectivity index is 1.95. The lowest BCUT2D eigenvalue weighted by atomic mass is 10.1. The summed E-state index contributed by atoms with van der Waals surface area (Å²) in [6, 6.07) is 13.8. The minimum absolute atomic E-state index is 0.0150. The van der Waals surface area contributed by atoms with Gasteiger partial charge in [-0.15, -0.1) is 0 Å². The van der Waals surface area contributed by atoms with Gasteiger partial charge in [0.2, 0.25) is 0 Å². The van der Waals surface area contributed by atoms with E-state index in [-0.39, 0.29) is 4.47 Å². The molecule has 8 heteroatoms. The zero-order chi connectivity index (χ0) is 18.5. The molecule has 0 radical (unpaired) electrons. The van der Waals surface area contributed by atoms with Gasteiger partial charge in [-0.05, 0) is 17.2 Å². The molecule has 0 fully saturated rings. The summed E-state index contributed by atoms with van der Waals surface area (Å²) in [5.41, 5.74) is -3.03. The van der Waals surface area contributed by atoms with E-state index in [1.165, 1.54) is 12.1 Å². The van der Waals surface area contributed by atoms with Crippen molar-refractivity contribution in [1.82, 2.24) is 0 Å². The first-order valence-electron chi connectivity index (χ1n) is 7.23. The van der Waals surface area contributed by atoms with E-state index in [1.807, 2.05) is 42.5 Å². The Labute approximate surface area is 157 Å². The van der Waals surface area contributed by atoms with Crippen molar-refractivity contribution in [3.63, 3.8) is 0 Å². The molecule has 25 heavy (non-hydrogen) atoms. The standard InChI is InChI=1S/C17H16BrF2O3PS/c18-16-11-14(8-9-15(16)17(19,20)24(21,22)23)12-25-10-4-7-13-5-2-1-3-6-13/h1-9,11H,10,12H2,(H2,21,22,23)/b7-4+. The van der Waals surface area contributed by atoms with E-state index >= 15 is 0 Å². The van der Waals surface area contributed by atoms with E-state index in [2.05, 4.69) is 15.9 Å². The van der Waals surface area contributed by atoms with Crippen molar-refractivity contribution in [2.24, 2.45) is 0 Å². The molecular weight excluding hydrogens is 433 g/mol. The Morgan fingerprint density at radius 1 is 1.16 bits per heavy atom. The van der Waals surface area contributed by atoms with Gasteiger partial charge in [-0.25, -0.2) is 0 Å². The first kappa shape index (κ1) is 20.3. The minimum Gasteiger partial charge on any atom is -0.320 e. The van der Waals surface area contributed by atoms with Crippen LogP contribution in [-0.2, 0) is 16.0 Å². The van der Waals surface area contributed by atoms with Crippen molar-refractivity contribution in [2.75, 3.05) is 5.75 Å². The average molecular weight is 449 g/mol. The van der Waals surface area contributed by atoms with Gasteiger partial charge in [-0.1, -0.05) is 70.5 Å². The smallest absolute Gasteiger partial charge is 0.320 e. The fraction of sp³-hybridized carbons (Fsp3) is 0.176. The van der Waals surface area contributed by atoms with Crippen LogP contribution in [0.15, 0.2) is 59.1 Å². The summed E-state index contributed by atoms with van der Waals surface area (Å²) in [6.07, 6.45) is 4.03. The molecule has 0 saturated carbocycles. The van der Waals surface area contributed by atoms with Gasteiger partial charge < -0.3 is 9.79 Å². The molecule has 3 nitrogen and oxygen atoms in total. The summed E-state index contributed by atoms with van der Waals surface area (Å²) in [5.74, 6) is 1.35. The molecule has 0 aliphatic carbocycles. The highest BCUT2D eigenvalue weighted by Gasteiger charge is 2.51. The third kappa shape index (κ3) is 5.50. The van der Waals surface area contributed by atoms with E-state index in [0.29, 0.717) is 5.75 Å². The second-order valence-corrected chi connectivity index (χ2v) is 8.76. The first-order valence-corrected chi connectivity index (χ1v) is 10.8. The predicted molar refractivity (Wildman–Crippen MR) is 102 cm³/mol. The van der Waals surface area contributed by atoms with E-state index < -0.39 is 18.8 Å². The molecule has 0 saturated heterocycles. The number of benzene rings is 2. The van der Waals surface area contributed by atoms with Crippen LogP contribution in [0.1, 0.15) is 16.7 Å². The number of thioether (sulfide) groups is 1. The summed E-state index contributed by atoms with van der Waals surface area (Å²) >= 11 is 4.59. The van der Waals surface area contributed by atoms with Gasteiger partial charge in [0.25, 0.3) is 0 Å². The van der Waals surface area contributed by atoms with Crippen molar-refractivity contribution in [3.05, 3.63) is 75.8 Å². The molecule has 0 unspecified atom stereocenters. The van der Waals surface area contributed by atoms with E-state index in [0.717, 1.165) is 22.9 Å². The van der Waals surface area contributed by atoms with Crippen molar-refractivity contribution < 1.29 is 23.1 Å². The Hall–Kier alpha value is -0.980. The SMILES string of the molecule is O=P(O)(O)C(F)(F)c1ccc(CSC/C=C/c2ccccc2)cc1Br. The van der Waals surface area contributed by atoms with Crippen LogP contribution in [0.4, 0.5) is 8.78 Å². The zero-order valence-corrected chi connectivity index (χ0v) is 16.3. The fourth-order valence-corrected chi connectivity index (χ4v) is 4.15. The monoisotopic (exact) mass is 448 g/mol. The summed E-state index contributed by atoms with van der Waals surface area (Å²) in [4.78, 5) is 17.6. The van der Waals surface area contributed by atoms with Crippen molar-refractivity contribution >= 4 is 41.4 Å². The third-order valence-electron chi connectivity index (χ3n) is 3.32. The molecule has 0 atom stereocenters. The molecule has 2 N–H and O–H groups in total. The summed E-state index contributed by atoms with van der Waals surface area (Å²) in [7, 11) is -5.57. The maximum atomic E-state index is 13.8. The molecule has 0 amide bonds. The van der Waals surface area contributed by atoms with Crippen LogP contribution >= 0.6 is 35.3 Å². The molecule has 134 valence electrons. The lowest BCUT2D eigenvalue weighted by molar-refractivity contribution is 0.0557. The summed E-state index contributed by atoms with van der Waals surface area (Å²) in [5, 5.41) is 0. The topological polar surface area (TPSA) is 57.5 Å². The van der Waals surface area contributed by atoms with Gasteiger partial charge in [0.15, 0.2) is 0 Å². The van der Waals surface area contributed by atoms with Crippen molar-refractivity contribution in [3.8, 4) is 0 Å². The highest BCUT2D eigenvalue weighted by molar-refractivity contribution is 9.10. The molecule has 0 bridgehead atoms. The van der Waals surface area contributed by atoms with Gasteiger partial charge in [0, 0.05) is 21.5 Å². The van der Waals surface area contributed by atoms with Gasteiger partial charge in [0.1, 0.15) is 0 Å². The molecule has 2 aromatic rings. The third-order valence-corrected chi connectivity index (χ3v) is 5.91. The zero-order valence-electron chi connectivity index (χ0n) is 13.0. The molecule has 2 rings (SSSR count). The number of alkyl halides is 2. The summed E-state index contributed by atoms with van der Waals surface area (Å²) in [6.45, 7) is 0. The lowest BCUT2D eigenvalue weighted by Gasteiger charge is -2.19. The lowest BCUT2D eigenvalue weighted by Crippen LogP contribution is -2.14. The Kier molecular flexibility index (Phi) is 7.00. The Morgan fingerprint density at radius 2 is 1.84 bits per heavy atom. The normalized spacial score (nSPS) is 12.7. The molecule has 2 aromatic carbocycles. The number of rotatable bonds is 7. The molecular formula is C17H16BrF2O3PS. The van der Waals surface area contributed by atoms with Gasteiger partial charge in [-0.3, -0.25) is 4.57 Å². The highest BCUT2D eigenvalue weighted by Crippen LogP contribution is 2.60. The van der Waals surface area contributed by atoms with Gasteiger partial charge >= 0.3 is 13.3 Å². The molecule has 0 spiro atoms. The van der Waals surface area contributed by atoms with Crippen LogP contribution in [0.25, 0.3) is 6.08 Å². The van der Waals surface area contributed by atoms with Gasteiger partial charge in [0.05, 0.1) is 0 Å². The predicted octanol–water partition coefficient (Wildman–Crippen LogP) is 5.62. The van der Waals surface area contributed by atoms with E-state index in [1.54, 1.807) is 11.8 Å². The maximum Gasteiger partial charge on any atom is 0.399 e. The van der Waals surface area contributed by atoms with Crippen LogP contribution in [0.5, 0.6) is 0 Å². The molecule has 0 aromatic heterocycles. The molecule has 0 aliphatic heterocycles. The van der Waals surface area contributed by atoms with E-state index in [9.17, 15) is 13.3 Å². The minimum atomic E-state index is -5.57. The van der Waals surface area contributed by atoms with Crippen molar-refractivity contribution in [2.45, 2.75) is 11.4 Å². The number of hydrogen-bond donors (Lipinski definition) is 2. The Bertz CT molecular complexity index is 794.